The smallest absolute Gasteiger partial charge is 0.247 e. The number of aryl methyl sites for hydroxylation is 6. The quantitative estimate of drug-likeness (QED) is 0.169. The van der Waals surface area contributed by atoms with Gasteiger partial charge in [-0.15, -0.1) is 0 Å². The second-order valence-electron chi connectivity index (χ2n) is 17.1. The summed E-state index contributed by atoms with van der Waals surface area (Å²) in [5.74, 6) is 0.000470. The number of amides is 2. The Bertz CT molecular complexity index is 2270. The Morgan fingerprint density at radius 3 is 1.23 bits per heavy atom. The van der Waals surface area contributed by atoms with Crippen LogP contribution in [0.1, 0.15) is 84.7 Å². The fourth-order valence-electron chi connectivity index (χ4n) is 8.42. The Hall–Kier alpha value is -5.94. The van der Waals surface area contributed by atoms with Crippen molar-refractivity contribution >= 4 is 40.3 Å². The van der Waals surface area contributed by atoms with E-state index in [1.807, 2.05) is 21.9 Å². The lowest BCUT2D eigenvalue weighted by Crippen LogP contribution is -2.60. The van der Waals surface area contributed by atoms with Gasteiger partial charge in [-0.3, -0.25) is 19.4 Å². The Morgan fingerprint density at radius 1 is 0.500 bits per heavy atom. The Balaban J connectivity index is 1.65. The van der Waals surface area contributed by atoms with Gasteiger partial charge in [-0.25, -0.2) is 0 Å². The lowest BCUT2D eigenvalue weighted by molar-refractivity contribution is -0.139. The highest BCUT2D eigenvalue weighted by molar-refractivity contribution is 6.23. The number of anilines is 3. The molecule has 7 rings (SSSR count). The molecule has 5 aromatic carbocycles. The van der Waals surface area contributed by atoms with Crippen LogP contribution >= 0.6 is 0 Å². The Kier molecular flexibility index (Phi) is 9.78. The topological polar surface area (TPSA) is 43.9 Å². The first-order valence-electron chi connectivity index (χ1n) is 19.5. The van der Waals surface area contributed by atoms with Crippen molar-refractivity contribution in [3.8, 4) is 0 Å². The SMILES string of the molecule is Cc1cc(C)c(N2C(=O)C(C)(C)C(=O)N(c3c(C)cc(C)cc3C)C2=C2C=C(c3ccccc3)N(c3ccc(C(C)(C)C)cc3)C(c3ccccc3)=C2)c(C)c1. The summed E-state index contributed by atoms with van der Waals surface area (Å²) in [6, 6.07) is 38.0. The van der Waals surface area contributed by atoms with Crippen LogP contribution in [-0.2, 0) is 15.0 Å². The third-order valence-electron chi connectivity index (χ3n) is 11.1. The summed E-state index contributed by atoms with van der Waals surface area (Å²) in [4.78, 5) is 36.4. The van der Waals surface area contributed by atoms with Crippen molar-refractivity contribution < 1.29 is 9.59 Å². The lowest BCUT2D eigenvalue weighted by Gasteiger charge is -2.47. The normalized spacial score (nSPS) is 16.0. The molecule has 5 aromatic rings. The van der Waals surface area contributed by atoms with Crippen molar-refractivity contribution in [1.82, 2.24) is 0 Å². The molecule has 0 bridgehead atoms. The fourth-order valence-corrected chi connectivity index (χ4v) is 8.42. The van der Waals surface area contributed by atoms with Gasteiger partial charge in [0.05, 0.1) is 22.8 Å². The van der Waals surface area contributed by atoms with E-state index in [0.717, 1.165) is 78.5 Å². The van der Waals surface area contributed by atoms with Gasteiger partial charge in [0.2, 0.25) is 11.8 Å². The van der Waals surface area contributed by atoms with Crippen molar-refractivity contribution in [1.29, 1.82) is 0 Å². The van der Waals surface area contributed by atoms with Crippen LogP contribution in [0.15, 0.2) is 133 Å². The van der Waals surface area contributed by atoms with Crippen LogP contribution in [0.5, 0.6) is 0 Å². The number of rotatable bonds is 5. The van der Waals surface area contributed by atoms with Gasteiger partial charge in [-0.05, 0) is 124 Å². The third kappa shape index (κ3) is 6.70. The minimum atomic E-state index is -1.36. The molecule has 1 fully saturated rings. The summed E-state index contributed by atoms with van der Waals surface area (Å²) in [5.41, 5.74) is 13.2. The zero-order valence-electron chi connectivity index (χ0n) is 34.7. The second-order valence-corrected chi connectivity index (χ2v) is 17.1. The Morgan fingerprint density at radius 2 is 0.875 bits per heavy atom. The van der Waals surface area contributed by atoms with Gasteiger partial charge in [-0.2, -0.15) is 0 Å². The molecule has 1 saturated heterocycles. The zero-order chi connectivity index (χ0) is 40.3. The molecule has 2 heterocycles. The van der Waals surface area contributed by atoms with Crippen molar-refractivity contribution in [2.75, 3.05) is 14.7 Å². The number of carbonyl (C=O) groups excluding carboxylic acids is 2. The van der Waals surface area contributed by atoms with Gasteiger partial charge in [0.25, 0.3) is 0 Å². The van der Waals surface area contributed by atoms with Crippen LogP contribution < -0.4 is 14.7 Å². The van der Waals surface area contributed by atoms with Crippen LogP contribution in [0.2, 0.25) is 0 Å². The molecular weight excluding hydrogens is 687 g/mol. The standard InChI is InChI=1S/C51H53N3O2/c1-32-26-34(3)45(35(4)27-32)53-47(54(49(56)51(10,11)48(53)55)46-36(5)28-33(2)29-37(46)6)40-30-43(38-18-14-12-15-19-38)52(44(31-40)39-20-16-13-17-21-39)42-24-22-41(23-25-42)50(7,8)9/h12-31H,1-11H3. The highest BCUT2D eigenvalue weighted by Crippen LogP contribution is 2.48. The molecule has 5 nitrogen and oxygen atoms in total. The van der Waals surface area contributed by atoms with Gasteiger partial charge in [0, 0.05) is 11.3 Å². The van der Waals surface area contributed by atoms with Gasteiger partial charge in [0.15, 0.2) is 0 Å². The van der Waals surface area contributed by atoms with E-state index in [2.05, 4.69) is 176 Å². The van der Waals surface area contributed by atoms with E-state index < -0.39 is 5.41 Å². The van der Waals surface area contributed by atoms with Gasteiger partial charge < -0.3 is 4.90 Å². The number of carbonyl (C=O) groups is 2. The lowest BCUT2D eigenvalue weighted by atomic mass is 9.84. The van der Waals surface area contributed by atoms with Crippen molar-refractivity contribution in [3.05, 3.63) is 183 Å². The number of benzene rings is 5. The van der Waals surface area contributed by atoms with Crippen LogP contribution in [0.4, 0.5) is 17.1 Å². The van der Waals surface area contributed by atoms with Crippen molar-refractivity contribution in [2.45, 2.75) is 81.6 Å². The van der Waals surface area contributed by atoms with E-state index in [0.29, 0.717) is 5.82 Å². The molecule has 2 aliphatic heterocycles. The first-order chi connectivity index (χ1) is 26.5. The summed E-state index contributed by atoms with van der Waals surface area (Å²) in [6.07, 6.45) is 4.32. The minimum absolute atomic E-state index is 0.00650. The van der Waals surface area contributed by atoms with Crippen LogP contribution in [-0.4, -0.2) is 11.8 Å². The molecule has 0 N–H and O–H groups in total. The number of hydrogen-bond acceptors (Lipinski definition) is 3. The molecular formula is C51H53N3O2. The maximum atomic E-state index is 15.2. The molecule has 0 spiro atoms. The maximum absolute atomic E-state index is 15.2. The number of nitrogens with zero attached hydrogens (tertiary/aromatic N) is 3. The highest BCUT2D eigenvalue weighted by atomic mass is 16.2. The molecule has 284 valence electrons. The molecule has 0 aliphatic carbocycles. The largest absolute Gasteiger partial charge is 0.309 e. The average Bonchev–Trinajstić information content (AvgIpc) is 3.15. The summed E-state index contributed by atoms with van der Waals surface area (Å²) < 4.78 is 0. The highest BCUT2D eigenvalue weighted by Gasteiger charge is 2.52. The Labute approximate surface area is 333 Å². The van der Waals surface area contributed by atoms with E-state index in [1.54, 1.807) is 13.8 Å². The summed E-state index contributed by atoms with van der Waals surface area (Å²) in [6.45, 7) is 22.6. The molecule has 5 heteroatoms. The predicted molar refractivity (Wildman–Crippen MR) is 234 cm³/mol. The summed E-state index contributed by atoms with van der Waals surface area (Å²) in [5, 5.41) is 0. The van der Waals surface area contributed by atoms with E-state index in [-0.39, 0.29) is 17.2 Å². The molecule has 2 aliphatic rings. The average molecular weight is 740 g/mol. The van der Waals surface area contributed by atoms with Crippen LogP contribution in [0.25, 0.3) is 11.4 Å². The molecule has 0 unspecified atom stereocenters. The van der Waals surface area contributed by atoms with Gasteiger partial charge >= 0.3 is 0 Å². The van der Waals surface area contributed by atoms with Gasteiger partial charge in [0.1, 0.15) is 11.2 Å². The summed E-state index contributed by atoms with van der Waals surface area (Å²) >= 11 is 0. The van der Waals surface area contributed by atoms with Crippen molar-refractivity contribution in [2.24, 2.45) is 5.41 Å². The zero-order valence-corrected chi connectivity index (χ0v) is 34.7. The van der Waals surface area contributed by atoms with E-state index in [9.17, 15) is 0 Å². The fraction of sp³-hybridized carbons (Fsp3) is 0.255. The van der Waals surface area contributed by atoms with E-state index in [4.69, 9.17) is 0 Å². The third-order valence-corrected chi connectivity index (χ3v) is 11.1. The van der Waals surface area contributed by atoms with Crippen molar-refractivity contribution in [3.63, 3.8) is 0 Å². The molecule has 0 radical (unpaired) electrons. The first-order valence-corrected chi connectivity index (χ1v) is 19.5. The van der Waals surface area contributed by atoms with E-state index in [1.165, 1.54) is 5.56 Å². The molecule has 2 amide bonds. The minimum Gasteiger partial charge on any atom is -0.309 e. The predicted octanol–water partition coefficient (Wildman–Crippen LogP) is 12.1. The van der Waals surface area contributed by atoms with Gasteiger partial charge in [-0.1, -0.05) is 129 Å². The maximum Gasteiger partial charge on any atom is 0.247 e. The number of allylic oxidation sites excluding steroid dienone is 3. The van der Waals surface area contributed by atoms with E-state index >= 15 is 9.59 Å². The monoisotopic (exact) mass is 739 g/mol. The number of hydrogen-bond donors (Lipinski definition) is 0. The van der Waals surface area contributed by atoms with Crippen LogP contribution in [0.3, 0.4) is 0 Å². The second kappa shape index (κ2) is 14.3. The molecule has 0 aromatic heterocycles. The van der Waals surface area contributed by atoms with Crippen LogP contribution in [0, 0.1) is 47.0 Å². The molecule has 56 heavy (non-hydrogen) atoms. The molecule has 0 saturated carbocycles. The first kappa shape index (κ1) is 38.3. The summed E-state index contributed by atoms with van der Waals surface area (Å²) in [7, 11) is 0. The molecule has 0 atom stereocenters.